The van der Waals surface area contributed by atoms with Crippen LogP contribution < -0.4 is 21.0 Å². The number of rotatable bonds is 17. The van der Waals surface area contributed by atoms with Crippen molar-refractivity contribution in [3.8, 4) is 0 Å². The zero-order chi connectivity index (χ0) is 26.2. The highest BCUT2D eigenvalue weighted by Gasteiger charge is 2.05. The van der Waals surface area contributed by atoms with Gasteiger partial charge >= 0.3 is 0 Å². The van der Waals surface area contributed by atoms with Gasteiger partial charge in [-0.1, -0.05) is 24.3 Å². The quantitative estimate of drug-likeness (QED) is 0.108. The first-order chi connectivity index (χ1) is 17.5. The fourth-order valence-corrected chi connectivity index (χ4v) is 4.66. The molecule has 0 fully saturated rings. The van der Waals surface area contributed by atoms with Crippen molar-refractivity contribution in [3.63, 3.8) is 0 Å². The minimum Gasteiger partial charge on any atom is -0.375 e. The second kappa shape index (κ2) is 17.0. The van der Waals surface area contributed by atoms with E-state index in [0.717, 1.165) is 83.3 Å². The summed E-state index contributed by atoms with van der Waals surface area (Å²) in [6.07, 6.45) is 8.67. The molecule has 0 aromatic heterocycles. The first-order valence-corrected chi connectivity index (χ1v) is 14.2. The van der Waals surface area contributed by atoms with Crippen LogP contribution in [0.4, 0.5) is 11.4 Å². The van der Waals surface area contributed by atoms with Crippen molar-refractivity contribution in [3.05, 3.63) is 59.7 Å². The Morgan fingerprint density at radius 1 is 0.694 bits per heavy atom. The van der Waals surface area contributed by atoms with Crippen molar-refractivity contribution >= 4 is 34.4 Å². The van der Waals surface area contributed by atoms with Crippen LogP contribution in [-0.2, 0) is 12.8 Å². The van der Waals surface area contributed by atoms with Gasteiger partial charge in [0.2, 0.25) is 0 Å². The molecule has 0 saturated carbocycles. The summed E-state index contributed by atoms with van der Waals surface area (Å²) >= 11 is 4.96. The number of aryl methyl sites for hydroxylation is 2. The third-order valence-electron chi connectivity index (χ3n) is 6.82. The van der Waals surface area contributed by atoms with E-state index in [4.69, 9.17) is 18.0 Å². The molecular weight excluding hydrogens is 462 g/mol. The summed E-state index contributed by atoms with van der Waals surface area (Å²) in [5.41, 5.74) is 15.0. The number of anilines is 2. The average Bonchev–Trinajstić information content (AvgIpc) is 2.90. The molecule has 6 heteroatoms. The minimum absolute atomic E-state index is 0.231. The van der Waals surface area contributed by atoms with Crippen molar-refractivity contribution in [1.82, 2.24) is 5.43 Å². The van der Waals surface area contributed by atoms with Gasteiger partial charge in [-0.05, 0) is 127 Å². The van der Waals surface area contributed by atoms with Gasteiger partial charge in [0.15, 0.2) is 5.11 Å². The van der Waals surface area contributed by atoms with Crippen molar-refractivity contribution in [2.45, 2.75) is 79.1 Å². The number of hydrazone groups is 1. The molecule has 0 aliphatic rings. The zero-order valence-electron chi connectivity index (χ0n) is 22.9. The Morgan fingerprint density at radius 3 is 1.42 bits per heavy atom. The van der Waals surface area contributed by atoms with Gasteiger partial charge in [0.25, 0.3) is 0 Å². The second-order valence-electron chi connectivity index (χ2n) is 9.25. The van der Waals surface area contributed by atoms with Crippen molar-refractivity contribution in [1.29, 1.82) is 0 Å². The van der Waals surface area contributed by atoms with E-state index in [9.17, 15) is 0 Å². The number of benzene rings is 2. The number of nitrogens with two attached hydrogens (primary N) is 1. The maximum atomic E-state index is 5.62. The van der Waals surface area contributed by atoms with Crippen LogP contribution in [0.5, 0.6) is 0 Å². The van der Waals surface area contributed by atoms with Crippen LogP contribution in [0.1, 0.15) is 77.3 Å². The molecule has 2 aromatic carbocycles. The van der Waals surface area contributed by atoms with Crippen LogP contribution in [0.3, 0.4) is 0 Å². The van der Waals surface area contributed by atoms with Crippen LogP contribution in [0.2, 0.25) is 0 Å². The molecule has 0 heterocycles. The fourth-order valence-electron chi connectivity index (χ4n) is 4.61. The first kappa shape index (κ1) is 29.6. The highest BCUT2D eigenvalue weighted by atomic mass is 32.1. The molecule has 0 atom stereocenters. The van der Waals surface area contributed by atoms with Gasteiger partial charge in [-0.3, -0.25) is 5.43 Å². The number of hydrogen-bond acceptors (Lipinski definition) is 4. The van der Waals surface area contributed by atoms with E-state index in [1.165, 1.54) is 22.5 Å². The Hall–Kier alpha value is -2.60. The molecule has 0 radical (unpaired) electrons. The second-order valence-corrected chi connectivity index (χ2v) is 9.69. The van der Waals surface area contributed by atoms with Gasteiger partial charge in [-0.15, -0.1) is 0 Å². The minimum atomic E-state index is 0.231. The van der Waals surface area contributed by atoms with E-state index < -0.39 is 0 Å². The van der Waals surface area contributed by atoms with Crippen LogP contribution in [-0.4, -0.2) is 37.0 Å². The Balaban J connectivity index is 1.76. The smallest absolute Gasteiger partial charge is 0.184 e. The van der Waals surface area contributed by atoms with Gasteiger partial charge in [0.1, 0.15) is 0 Å². The monoisotopic (exact) mass is 509 g/mol. The SMILES string of the molecule is CCN(CC)c1ccc(CCCCC(CCCCc2ccc(N(CC)CC)cc2)=NNC(N)=S)cc1. The number of nitrogens with zero attached hydrogens (tertiary/aromatic N) is 3. The molecule has 0 bridgehead atoms. The molecule has 3 N–H and O–H groups in total. The van der Waals surface area contributed by atoms with Crippen LogP contribution >= 0.6 is 12.2 Å². The van der Waals surface area contributed by atoms with E-state index in [-0.39, 0.29) is 5.11 Å². The Bertz CT molecular complexity index is 834. The fraction of sp³-hybridized carbons (Fsp3) is 0.533. The summed E-state index contributed by atoms with van der Waals surface area (Å²) in [5.74, 6) is 0. The molecule has 0 unspecified atom stereocenters. The van der Waals surface area contributed by atoms with Gasteiger partial charge in [-0.25, -0.2) is 0 Å². The summed E-state index contributed by atoms with van der Waals surface area (Å²) in [5, 5.41) is 4.73. The van der Waals surface area contributed by atoms with Gasteiger partial charge in [0.05, 0.1) is 0 Å². The summed E-state index contributed by atoms with van der Waals surface area (Å²) < 4.78 is 0. The summed E-state index contributed by atoms with van der Waals surface area (Å²) in [6.45, 7) is 13.0. The lowest BCUT2D eigenvalue weighted by atomic mass is 10.0. The van der Waals surface area contributed by atoms with Gasteiger partial charge in [0, 0.05) is 43.3 Å². The predicted octanol–water partition coefficient (Wildman–Crippen LogP) is 6.69. The number of thiocarbonyl (C=S) groups is 1. The summed E-state index contributed by atoms with van der Waals surface area (Å²) in [6, 6.07) is 18.1. The highest BCUT2D eigenvalue weighted by Crippen LogP contribution is 2.18. The predicted molar refractivity (Wildman–Crippen MR) is 162 cm³/mol. The van der Waals surface area contributed by atoms with Crippen molar-refractivity contribution < 1.29 is 0 Å². The molecule has 198 valence electrons. The topological polar surface area (TPSA) is 56.9 Å². The molecule has 0 aliphatic carbocycles. The van der Waals surface area contributed by atoms with Crippen molar-refractivity contribution in [2.24, 2.45) is 10.8 Å². The van der Waals surface area contributed by atoms with E-state index >= 15 is 0 Å². The van der Waals surface area contributed by atoms with Gasteiger partial charge < -0.3 is 15.5 Å². The zero-order valence-corrected chi connectivity index (χ0v) is 23.7. The third kappa shape index (κ3) is 10.6. The van der Waals surface area contributed by atoms with Crippen LogP contribution in [0.15, 0.2) is 53.6 Å². The molecule has 5 nitrogen and oxygen atoms in total. The molecule has 0 aliphatic heterocycles. The number of unbranched alkanes of at least 4 members (excludes halogenated alkanes) is 2. The molecule has 0 spiro atoms. The largest absolute Gasteiger partial charge is 0.375 e. The lowest BCUT2D eigenvalue weighted by molar-refractivity contribution is 0.721. The lowest BCUT2D eigenvalue weighted by Crippen LogP contribution is -2.25. The number of hydrogen-bond donors (Lipinski definition) is 2. The Labute approximate surface area is 225 Å². The summed E-state index contributed by atoms with van der Waals surface area (Å²) in [7, 11) is 0. The standard InChI is InChI=1S/C30H47N5S/c1-5-34(6-2)28-21-17-25(18-22-28)13-9-11-15-27(32-33-30(31)36)16-12-10-14-26-19-23-29(24-20-26)35(7-3)8-4/h17-24H,5-16H2,1-4H3,(H3,31,33,36). The van der Waals surface area contributed by atoms with Gasteiger partial charge in [-0.2, -0.15) is 5.10 Å². The molecule has 2 rings (SSSR count). The lowest BCUT2D eigenvalue weighted by Gasteiger charge is -2.21. The average molecular weight is 510 g/mol. The Morgan fingerprint density at radius 2 is 1.08 bits per heavy atom. The maximum absolute atomic E-state index is 5.62. The third-order valence-corrected chi connectivity index (χ3v) is 6.91. The molecule has 0 saturated heterocycles. The van der Waals surface area contributed by atoms with E-state index in [1.54, 1.807) is 0 Å². The van der Waals surface area contributed by atoms with Crippen LogP contribution in [0.25, 0.3) is 0 Å². The Kier molecular flexibility index (Phi) is 14.0. The van der Waals surface area contributed by atoms with E-state index in [2.05, 4.69) is 96.6 Å². The molecule has 2 aromatic rings. The van der Waals surface area contributed by atoms with E-state index in [0.29, 0.717) is 0 Å². The summed E-state index contributed by atoms with van der Waals surface area (Å²) in [4.78, 5) is 4.76. The molecule has 0 amide bonds. The van der Waals surface area contributed by atoms with Crippen molar-refractivity contribution in [2.75, 3.05) is 36.0 Å². The highest BCUT2D eigenvalue weighted by molar-refractivity contribution is 7.80. The van der Waals surface area contributed by atoms with Crippen LogP contribution in [0, 0.1) is 0 Å². The maximum Gasteiger partial charge on any atom is 0.184 e. The number of nitrogens with one attached hydrogen (secondary N) is 1. The van der Waals surface area contributed by atoms with E-state index in [1.807, 2.05) is 0 Å². The first-order valence-electron chi connectivity index (χ1n) is 13.8. The molecule has 36 heavy (non-hydrogen) atoms. The normalized spacial score (nSPS) is 10.7. The molecular formula is C30H47N5S.